The second-order valence-electron chi connectivity index (χ2n) is 4.26. The van der Waals surface area contributed by atoms with Crippen LogP contribution in [0.1, 0.15) is 5.56 Å². The van der Waals surface area contributed by atoms with E-state index in [0.29, 0.717) is 18.4 Å². The molecule has 0 spiro atoms. The molecular formula is C13H18ClN3O4. The summed E-state index contributed by atoms with van der Waals surface area (Å²) in [5.41, 5.74) is 6.02. The Morgan fingerprint density at radius 1 is 1.43 bits per heavy atom. The maximum atomic E-state index is 11.6. The Labute approximate surface area is 127 Å². The quantitative estimate of drug-likeness (QED) is 0.489. The Bertz CT molecular complexity index is 467. The highest BCUT2D eigenvalue weighted by atomic mass is 35.5. The van der Waals surface area contributed by atoms with Crippen molar-refractivity contribution in [2.24, 2.45) is 5.73 Å². The number of carbonyl (C=O) groups excluding carboxylic acids is 2. The van der Waals surface area contributed by atoms with E-state index in [4.69, 9.17) is 26.8 Å². The number of methoxy groups -OCH3 is 1. The van der Waals surface area contributed by atoms with E-state index in [1.807, 2.05) is 0 Å². The van der Waals surface area contributed by atoms with Gasteiger partial charge in [-0.2, -0.15) is 0 Å². The number of ether oxygens (including phenoxy) is 2. The zero-order valence-electron chi connectivity index (χ0n) is 11.7. The highest BCUT2D eigenvalue weighted by Crippen LogP contribution is 2.07. The van der Waals surface area contributed by atoms with E-state index in [9.17, 15) is 9.59 Å². The summed E-state index contributed by atoms with van der Waals surface area (Å²) in [6, 6.07) is 2.49. The monoisotopic (exact) mass is 315 g/mol. The van der Waals surface area contributed by atoms with E-state index >= 15 is 0 Å². The van der Waals surface area contributed by atoms with Crippen LogP contribution in [0.5, 0.6) is 0 Å². The molecule has 0 unspecified atom stereocenters. The van der Waals surface area contributed by atoms with Gasteiger partial charge in [-0.05, 0) is 11.6 Å². The maximum absolute atomic E-state index is 11.6. The second kappa shape index (κ2) is 9.28. The Hall–Kier alpha value is -1.70. The van der Waals surface area contributed by atoms with Gasteiger partial charge in [-0.3, -0.25) is 9.59 Å². The summed E-state index contributed by atoms with van der Waals surface area (Å²) in [6.07, 6.45) is 1.77. The molecule has 116 valence electrons. The summed E-state index contributed by atoms with van der Waals surface area (Å²) < 4.78 is 9.85. The summed E-state index contributed by atoms with van der Waals surface area (Å²) in [7, 11) is 1.53. The Kier molecular flexibility index (Phi) is 7.66. The van der Waals surface area contributed by atoms with Crippen molar-refractivity contribution in [1.29, 1.82) is 0 Å². The van der Waals surface area contributed by atoms with Crippen LogP contribution in [0.3, 0.4) is 0 Å². The van der Waals surface area contributed by atoms with Crippen molar-refractivity contribution >= 4 is 23.4 Å². The first kappa shape index (κ1) is 17.4. The van der Waals surface area contributed by atoms with Crippen molar-refractivity contribution < 1.29 is 19.1 Å². The fourth-order valence-corrected chi connectivity index (χ4v) is 1.64. The average Bonchev–Trinajstić information content (AvgIpc) is 2.45. The van der Waals surface area contributed by atoms with Gasteiger partial charge in [0.25, 0.3) is 0 Å². The lowest BCUT2D eigenvalue weighted by atomic mass is 10.1. The number of primary amides is 1. The van der Waals surface area contributed by atoms with Crippen LogP contribution in [0, 0.1) is 0 Å². The third-order valence-electron chi connectivity index (χ3n) is 2.57. The van der Waals surface area contributed by atoms with Crippen molar-refractivity contribution in [3.63, 3.8) is 0 Å². The molecule has 0 bridgehead atoms. The predicted molar refractivity (Wildman–Crippen MR) is 76.8 cm³/mol. The molecule has 1 aromatic heterocycles. The summed E-state index contributed by atoms with van der Waals surface area (Å²) >= 11 is 5.68. The lowest BCUT2D eigenvalue weighted by Crippen LogP contribution is -2.47. The van der Waals surface area contributed by atoms with Gasteiger partial charge >= 0.3 is 0 Å². The van der Waals surface area contributed by atoms with Crippen LogP contribution in [-0.4, -0.2) is 49.8 Å². The normalized spacial score (nSPS) is 11.9. The standard InChI is InChI=1S/C13H18ClN3O4/c1-20-4-5-21-8-12(18)17-10(13(15)19)6-9-2-3-11(14)16-7-9/h2-3,7,10H,4-6,8H2,1H3,(H2,15,19)(H,17,18)/t10-/m1/s1. The average molecular weight is 316 g/mol. The van der Waals surface area contributed by atoms with Gasteiger partial charge in [0.15, 0.2) is 0 Å². The molecule has 1 aromatic rings. The molecule has 0 saturated heterocycles. The number of rotatable bonds is 9. The van der Waals surface area contributed by atoms with Gasteiger partial charge < -0.3 is 20.5 Å². The van der Waals surface area contributed by atoms with Gasteiger partial charge in [-0.1, -0.05) is 17.7 Å². The summed E-state index contributed by atoms with van der Waals surface area (Å²) in [6.45, 7) is 0.529. The molecular weight excluding hydrogens is 298 g/mol. The van der Waals surface area contributed by atoms with Crippen LogP contribution in [-0.2, 0) is 25.5 Å². The van der Waals surface area contributed by atoms with E-state index in [1.165, 1.54) is 13.3 Å². The van der Waals surface area contributed by atoms with Gasteiger partial charge in [-0.15, -0.1) is 0 Å². The molecule has 0 saturated carbocycles. The number of carbonyl (C=O) groups is 2. The molecule has 8 heteroatoms. The molecule has 1 atom stereocenters. The number of amides is 2. The third-order valence-corrected chi connectivity index (χ3v) is 2.80. The lowest BCUT2D eigenvalue weighted by Gasteiger charge is -2.15. The zero-order chi connectivity index (χ0) is 15.7. The fourth-order valence-electron chi connectivity index (χ4n) is 1.53. The van der Waals surface area contributed by atoms with Crippen LogP contribution in [0.25, 0.3) is 0 Å². The van der Waals surface area contributed by atoms with Gasteiger partial charge in [0, 0.05) is 19.7 Å². The number of nitrogens with zero attached hydrogens (tertiary/aromatic N) is 1. The van der Waals surface area contributed by atoms with Crippen molar-refractivity contribution in [1.82, 2.24) is 10.3 Å². The van der Waals surface area contributed by atoms with E-state index in [-0.39, 0.29) is 13.0 Å². The molecule has 0 radical (unpaired) electrons. The van der Waals surface area contributed by atoms with Crippen LogP contribution < -0.4 is 11.1 Å². The molecule has 0 fully saturated rings. The minimum atomic E-state index is -0.827. The summed E-state index contributed by atoms with van der Waals surface area (Å²) in [4.78, 5) is 26.9. The molecule has 1 heterocycles. The van der Waals surface area contributed by atoms with Crippen molar-refractivity contribution in [3.8, 4) is 0 Å². The first-order chi connectivity index (χ1) is 10.0. The number of halogens is 1. The van der Waals surface area contributed by atoms with Crippen molar-refractivity contribution in [3.05, 3.63) is 29.0 Å². The molecule has 0 aliphatic rings. The van der Waals surface area contributed by atoms with Crippen molar-refractivity contribution in [2.75, 3.05) is 26.9 Å². The summed E-state index contributed by atoms with van der Waals surface area (Å²) in [5.74, 6) is -1.05. The molecule has 21 heavy (non-hydrogen) atoms. The van der Waals surface area contributed by atoms with Gasteiger partial charge in [0.2, 0.25) is 11.8 Å². The molecule has 0 aromatic carbocycles. The van der Waals surface area contributed by atoms with E-state index in [0.717, 1.165) is 5.56 Å². The largest absolute Gasteiger partial charge is 0.382 e. The molecule has 7 nitrogen and oxygen atoms in total. The summed E-state index contributed by atoms with van der Waals surface area (Å²) in [5, 5.41) is 2.87. The fraction of sp³-hybridized carbons (Fsp3) is 0.462. The second-order valence-corrected chi connectivity index (χ2v) is 4.65. The van der Waals surface area contributed by atoms with Gasteiger partial charge in [-0.25, -0.2) is 4.98 Å². The number of pyridine rings is 1. The molecule has 2 amide bonds. The molecule has 1 rings (SSSR count). The van der Waals surface area contributed by atoms with Crippen LogP contribution in [0.15, 0.2) is 18.3 Å². The number of nitrogens with one attached hydrogen (secondary N) is 1. The van der Waals surface area contributed by atoms with E-state index in [2.05, 4.69) is 10.3 Å². The number of hydrogen-bond donors (Lipinski definition) is 2. The van der Waals surface area contributed by atoms with Crippen molar-refractivity contribution in [2.45, 2.75) is 12.5 Å². The predicted octanol–water partition coefficient (Wildman–Crippen LogP) is -0.0894. The first-order valence-corrected chi connectivity index (χ1v) is 6.66. The Balaban J connectivity index is 2.48. The van der Waals surface area contributed by atoms with Crippen LogP contribution in [0.4, 0.5) is 0 Å². The molecule has 3 N–H and O–H groups in total. The smallest absolute Gasteiger partial charge is 0.246 e. The van der Waals surface area contributed by atoms with Gasteiger partial charge in [0.05, 0.1) is 13.2 Å². The maximum Gasteiger partial charge on any atom is 0.246 e. The van der Waals surface area contributed by atoms with Gasteiger partial charge in [0.1, 0.15) is 17.8 Å². The number of hydrogen-bond acceptors (Lipinski definition) is 5. The first-order valence-electron chi connectivity index (χ1n) is 6.28. The molecule has 0 aliphatic carbocycles. The van der Waals surface area contributed by atoms with E-state index < -0.39 is 17.9 Å². The number of nitrogens with two attached hydrogens (primary N) is 1. The topological polar surface area (TPSA) is 104 Å². The highest BCUT2D eigenvalue weighted by Gasteiger charge is 2.18. The zero-order valence-corrected chi connectivity index (χ0v) is 12.4. The lowest BCUT2D eigenvalue weighted by molar-refractivity contribution is -0.130. The molecule has 0 aliphatic heterocycles. The SMILES string of the molecule is COCCOCC(=O)N[C@H](Cc1ccc(Cl)nc1)C(N)=O. The van der Waals surface area contributed by atoms with Crippen LogP contribution >= 0.6 is 11.6 Å². The Morgan fingerprint density at radius 3 is 2.76 bits per heavy atom. The minimum Gasteiger partial charge on any atom is -0.382 e. The Morgan fingerprint density at radius 2 is 2.19 bits per heavy atom. The minimum absolute atomic E-state index is 0.161. The number of aromatic nitrogens is 1. The third kappa shape index (κ3) is 7.03. The van der Waals surface area contributed by atoms with Crippen LogP contribution in [0.2, 0.25) is 5.15 Å². The highest BCUT2D eigenvalue weighted by molar-refractivity contribution is 6.29. The van der Waals surface area contributed by atoms with E-state index in [1.54, 1.807) is 12.1 Å².